The Morgan fingerprint density at radius 1 is 1.35 bits per heavy atom. The fourth-order valence-corrected chi connectivity index (χ4v) is 2.80. The van der Waals surface area contributed by atoms with E-state index in [1.54, 1.807) is 0 Å². The van der Waals surface area contributed by atoms with Crippen LogP contribution < -0.4 is 5.73 Å². The van der Waals surface area contributed by atoms with Gasteiger partial charge in [0.25, 0.3) is 0 Å². The monoisotopic (exact) mass is 234 g/mol. The molecule has 0 aromatic carbocycles. The normalized spacial score (nSPS) is 21.7. The first kappa shape index (κ1) is 10.6. The number of aromatic nitrogens is 4. The van der Waals surface area contributed by atoms with Crippen molar-refractivity contribution in [3.05, 3.63) is 5.69 Å². The first-order valence-corrected chi connectivity index (χ1v) is 5.93. The highest BCUT2D eigenvalue weighted by Crippen LogP contribution is 2.29. The number of anilines is 1. The lowest BCUT2D eigenvalue weighted by atomic mass is 10.2. The van der Waals surface area contributed by atoms with Crippen molar-refractivity contribution in [1.29, 1.82) is 0 Å². The predicted octanol–water partition coefficient (Wildman–Crippen LogP) is 0.537. The number of likely N-dealkylation sites (N-methyl/N-ethyl adjacent to an activating group) is 1. The Kier molecular flexibility index (Phi) is 2.16. The van der Waals surface area contributed by atoms with Crippen LogP contribution in [0.5, 0.6) is 0 Å². The minimum absolute atomic E-state index is 0.416. The molecule has 1 aliphatic rings. The Balaban J connectivity index is 2.18. The molecular formula is C11H18N6. The molecule has 1 unspecified atom stereocenters. The van der Waals surface area contributed by atoms with Gasteiger partial charge in [0.05, 0.1) is 11.7 Å². The lowest BCUT2D eigenvalue weighted by Gasteiger charge is -2.14. The molecule has 6 heteroatoms. The highest BCUT2D eigenvalue weighted by atomic mass is 15.4. The molecule has 2 N–H and O–H groups in total. The average Bonchev–Trinajstić information content (AvgIpc) is 2.87. The SMILES string of the molecule is Cc1nn(C)c2c1nc(N)n2C1CCN(C)C1. The Labute approximate surface area is 100 Å². The van der Waals surface area contributed by atoms with E-state index < -0.39 is 0 Å². The number of hydrogen-bond donors (Lipinski definition) is 1. The molecule has 17 heavy (non-hydrogen) atoms. The Morgan fingerprint density at radius 3 is 2.76 bits per heavy atom. The molecule has 3 heterocycles. The maximum Gasteiger partial charge on any atom is 0.202 e. The van der Waals surface area contributed by atoms with E-state index in [0.29, 0.717) is 12.0 Å². The second-order valence-corrected chi connectivity index (χ2v) is 4.93. The third kappa shape index (κ3) is 1.44. The van der Waals surface area contributed by atoms with Crippen LogP contribution in [0.25, 0.3) is 11.2 Å². The zero-order valence-corrected chi connectivity index (χ0v) is 10.5. The number of aryl methyl sites for hydroxylation is 2. The summed E-state index contributed by atoms with van der Waals surface area (Å²) < 4.78 is 4.02. The molecule has 1 saturated heterocycles. The summed E-state index contributed by atoms with van der Waals surface area (Å²) in [6, 6.07) is 0.416. The number of nitrogens with two attached hydrogens (primary N) is 1. The van der Waals surface area contributed by atoms with E-state index in [1.165, 1.54) is 0 Å². The van der Waals surface area contributed by atoms with Gasteiger partial charge in [-0.2, -0.15) is 5.10 Å². The van der Waals surface area contributed by atoms with Crippen LogP contribution in [0.3, 0.4) is 0 Å². The standard InChI is InChI=1S/C11H18N6/c1-7-9-10(16(3)14-7)17(11(12)13-9)8-4-5-15(2)6-8/h8H,4-6H2,1-3H3,(H2,12,13). The first-order chi connectivity index (χ1) is 8.08. The molecule has 0 aliphatic carbocycles. The number of nitrogens with zero attached hydrogens (tertiary/aromatic N) is 5. The molecule has 92 valence electrons. The summed E-state index contributed by atoms with van der Waals surface area (Å²) in [6.07, 6.45) is 1.12. The maximum atomic E-state index is 6.05. The van der Waals surface area contributed by atoms with Gasteiger partial charge >= 0.3 is 0 Å². The van der Waals surface area contributed by atoms with Crippen LogP contribution in [0.4, 0.5) is 5.95 Å². The molecule has 0 saturated carbocycles. The summed E-state index contributed by atoms with van der Waals surface area (Å²) in [6.45, 7) is 4.11. The van der Waals surface area contributed by atoms with Crippen molar-refractivity contribution in [1.82, 2.24) is 24.2 Å². The predicted molar refractivity (Wildman–Crippen MR) is 66.8 cm³/mol. The Hall–Kier alpha value is -1.56. The number of nitrogen functional groups attached to an aromatic ring is 1. The molecule has 1 fully saturated rings. The third-order valence-corrected chi connectivity index (χ3v) is 3.59. The van der Waals surface area contributed by atoms with Gasteiger partial charge in [0, 0.05) is 13.6 Å². The Bertz CT molecular complexity index is 566. The molecule has 6 nitrogen and oxygen atoms in total. The molecule has 0 bridgehead atoms. The average molecular weight is 234 g/mol. The highest BCUT2D eigenvalue weighted by molar-refractivity contribution is 5.77. The van der Waals surface area contributed by atoms with Crippen molar-refractivity contribution in [2.24, 2.45) is 7.05 Å². The zero-order chi connectivity index (χ0) is 12.2. The van der Waals surface area contributed by atoms with Gasteiger partial charge in [-0.1, -0.05) is 0 Å². The van der Waals surface area contributed by atoms with Crippen molar-refractivity contribution >= 4 is 17.1 Å². The van der Waals surface area contributed by atoms with Gasteiger partial charge in [-0.25, -0.2) is 4.98 Å². The minimum atomic E-state index is 0.416. The van der Waals surface area contributed by atoms with Gasteiger partial charge in [-0.3, -0.25) is 9.25 Å². The largest absolute Gasteiger partial charge is 0.369 e. The van der Waals surface area contributed by atoms with E-state index in [-0.39, 0.29) is 0 Å². The van der Waals surface area contributed by atoms with E-state index in [9.17, 15) is 0 Å². The van der Waals surface area contributed by atoms with E-state index in [1.807, 2.05) is 18.7 Å². The fourth-order valence-electron chi connectivity index (χ4n) is 2.80. The van der Waals surface area contributed by atoms with E-state index in [2.05, 4.69) is 26.6 Å². The van der Waals surface area contributed by atoms with Crippen LogP contribution >= 0.6 is 0 Å². The molecule has 2 aromatic rings. The number of imidazole rings is 1. The molecular weight excluding hydrogens is 216 g/mol. The summed E-state index contributed by atoms with van der Waals surface area (Å²) >= 11 is 0. The number of likely N-dealkylation sites (tertiary alicyclic amines) is 1. The molecule has 0 spiro atoms. The first-order valence-electron chi connectivity index (χ1n) is 5.93. The van der Waals surface area contributed by atoms with Gasteiger partial charge in [0.1, 0.15) is 5.52 Å². The third-order valence-electron chi connectivity index (χ3n) is 3.59. The van der Waals surface area contributed by atoms with Crippen molar-refractivity contribution in [2.75, 3.05) is 25.9 Å². The topological polar surface area (TPSA) is 64.9 Å². The van der Waals surface area contributed by atoms with Crippen molar-refractivity contribution < 1.29 is 0 Å². The molecule has 1 aliphatic heterocycles. The van der Waals surface area contributed by atoms with Gasteiger partial charge in [-0.05, 0) is 26.9 Å². The fraction of sp³-hybridized carbons (Fsp3) is 0.636. The summed E-state index contributed by atoms with van der Waals surface area (Å²) in [4.78, 5) is 6.76. The van der Waals surface area contributed by atoms with Crippen molar-refractivity contribution in [3.8, 4) is 0 Å². The van der Waals surface area contributed by atoms with Gasteiger partial charge in [-0.15, -0.1) is 0 Å². The van der Waals surface area contributed by atoms with Crippen LogP contribution in [0.15, 0.2) is 0 Å². The highest BCUT2D eigenvalue weighted by Gasteiger charge is 2.26. The van der Waals surface area contributed by atoms with Crippen LogP contribution in [-0.4, -0.2) is 44.4 Å². The smallest absolute Gasteiger partial charge is 0.202 e. The van der Waals surface area contributed by atoms with Crippen LogP contribution in [0, 0.1) is 6.92 Å². The van der Waals surface area contributed by atoms with E-state index in [0.717, 1.165) is 36.4 Å². The molecule has 2 aromatic heterocycles. The second kappa shape index (κ2) is 3.46. The summed E-state index contributed by atoms with van der Waals surface area (Å²) in [5, 5.41) is 4.41. The zero-order valence-electron chi connectivity index (χ0n) is 10.5. The van der Waals surface area contributed by atoms with Crippen molar-refractivity contribution in [2.45, 2.75) is 19.4 Å². The molecule has 0 radical (unpaired) electrons. The summed E-state index contributed by atoms with van der Waals surface area (Å²) in [5.41, 5.74) is 8.97. The van der Waals surface area contributed by atoms with Crippen molar-refractivity contribution in [3.63, 3.8) is 0 Å². The molecule has 1 atom stereocenters. The van der Waals surface area contributed by atoms with Crippen LogP contribution in [0.2, 0.25) is 0 Å². The Morgan fingerprint density at radius 2 is 2.12 bits per heavy atom. The second-order valence-electron chi connectivity index (χ2n) is 4.93. The molecule has 3 rings (SSSR count). The van der Waals surface area contributed by atoms with Gasteiger partial charge < -0.3 is 10.6 Å². The van der Waals surface area contributed by atoms with E-state index >= 15 is 0 Å². The number of rotatable bonds is 1. The maximum absolute atomic E-state index is 6.05. The minimum Gasteiger partial charge on any atom is -0.369 e. The van der Waals surface area contributed by atoms with Crippen LogP contribution in [-0.2, 0) is 7.05 Å². The lowest BCUT2D eigenvalue weighted by Crippen LogP contribution is -2.18. The summed E-state index contributed by atoms with van der Waals surface area (Å²) in [5.74, 6) is 0.608. The van der Waals surface area contributed by atoms with Gasteiger partial charge in [0.2, 0.25) is 5.95 Å². The van der Waals surface area contributed by atoms with E-state index in [4.69, 9.17) is 5.73 Å². The number of hydrogen-bond acceptors (Lipinski definition) is 4. The van der Waals surface area contributed by atoms with Gasteiger partial charge in [0.15, 0.2) is 5.65 Å². The lowest BCUT2D eigenvalue weighted by molar-refractivity contribution is 0.394. The molecule has 0 amide bonds. The number of fused-ring (bicyclic) bond motifs is 1. The quantitative estimate of drug-likeness (QED) is 0.782. The van der Waals surface area contributed by atoms with Crippen LogP contribution in [0.1, 0.15) is 18.2 Å². The summed E-state index contributed by atoms with van der Waals surface area (Å²) in [7, 11) is 4.09.